The van der Waals surface area contributed by atoms with Gasteiger partial charge in [-0.2, -0.15) is 0 Å². The molecule has 11 aromatic carbocycles. The number of anilines is 3. The van der Waals surface area contributed by atoms with Gasteiger partial charge in [-0.15, -0.1) is 0 Å². The van der Waals surface area contributed by atoms with Crippen molar-refractivity contribution < 1.29 is 4.42 Å². The lowest BCUT2D eigenvalue weighted by Crippen LogP contribution is -2.26. The van der Waals surface area contributed by atoms with Crippen molar-refractivity contribution in [3.05, 3.63) is 271 Å². The number of benzene rings is 11. The van der Waals surface area contributed by atoms with Gasteiger partial charge < -0.3 is 9.32 Å². The molecule has 14 rings (SSSR count). The quantitative estimate of drug-likeness (QED) is 0.166. The van der Waals surface area contributed by atoms with E-state index in [0.29, 0.717) is 0 Å². The molecule has 2 aliphatic carbocycles. The fourth-order valence-electron chi connectivity index (χ4n) is 11.7. The van der Waals surface area contributed by atoms with Crippen molar-refractivity contribution in [2.24, 2.45) is 0 Å². The second-order valence-electron chi connectivity index (χ2n) is 17.9. The zero-order valence-corrected chi connectivity index (χ0v) is 36.5. The molecule has 2 aliphatic rings. The average Bonchev–Trinajstić information content (AvgIpc) is 4.04. The Labute approximate surface area is 389 Å². The molecular weight excluding hydrogens is 811 g/mol. The zero-order chi connectivity index (χ0) is 44.1. The summed E-state index contributed by atoms with van der Waals surface area (Å²) in [4.78, 5) is 2.51. The van der Waals surface area contributed by atoms with Gasteiger partial charge in [-0.3, -0.25) is 0 Å². The van der Waals surface area contributed by atoms with Gasteiger partial charge in [-0.05, 0) is 114 Å². The first-order chi connectivity index (χ1) is 33.3. The Kier molecular flexibility index (Phi) is 8.23. The van der Waals surface area contributed by atoms with Gasteiger partial charge in [0.1, 0.15) is 11.2 Å². The summed E-state index contributed by atoms with van der Waals surface area (Å²) in [7, 11) is 0. The average molecular weight is 852 g/mol. The van der Waals surface area contributed by atoms with Gasteiger partial charge in [0, 0.05) is 22.0 Å². The first-order valence-corrected chi connectivity index (χ1v) is 23.2. The van der Waals surface area contributed by atoms with E-state index in [1.54, 1.807) is 0 Å². The molecule has 0 atom stereocenters. The molecule has 2 heteroatoms. The number of hydrogen-bond acceptors (Lipinski definition) is 2. The molecule has 1 aromatic heterocycles. The van der Waals surface area contributed by atoms with Crippen LogP contribution in [0.1, 0.15) is 22.3 Å². The van der Waals surface area contributed by atoms with Gasteiger partial charge in [0.2, 0.25) is 0 Å². The molecule has 1 heterocycles. The second-order valence-corrected chi connectivity index (χ2v) is 17.9. The third kappa shape index (κ3) is 5.45. The van der Waals surface area contributed by atoms with Crippen LogP contribution in [0.15, 0.2) is 253 Å². The fraction of sp³-hybridized carbons (Fsp3) is 0.0154. The molecule has 0 fully saturated rings. The van der Waals surface area contributed by atoms with Gasteiger partial charge in [0.25, 0.3) is 0 Å². The summed E-state index contributed by atoms with van der Waals surface area (Å²) in [6, 6.07) is 91.2. The maximum atomic E-state index is 7.07. The smallest absolute Gasteiger partial charge is 0.143 e. The van der Waals surface area contributed by atoms with Crippen LogP contribution in [-0.2, 0) is 5.41 Å². The van der Waals surface area contributed by atoms with Crippen molar-refractivity contribution >= 4 is 49.8 Å². The summed E-state index contributed by atoms with van der Waals surface area (Å²) < 4.78 is 7.07. The SMILES string of the molecule is c1ccc(-c2ccc(-c3cc4c(oc5cccc(N(c6cccc(-c7ccccc7)c6)c6cccc7c6-c6ccccc6C76c7ccccc7-c7ccccc76)c54)c4ccccc34)cc2)cc1. The Balaban J connectivity index is 1.06. The van der Waals surface area contributed by atoms with Gasteiger partial charge >= 0.3 is 0 Å². The van der Waals surface area contributed by atoms with Crippen LogP contribution in [0.4, 0.5) is 17.1 Å². The molecule has 0 saturated heterocycles. The standard InChI is InChI=1S/C65H41NO/c1-3-18-42(19-4-1)44-36-38-45(39-37-44)53-41-54-63-60(34-17-35-61(63)67-64(54)51-27-8-7-24-48(51)53)66(47-23-15-22-46(40-47)43-20-5-2-6-21-43)59-33-16-32-58-62(59)52-28-11-14-31-57(52)65(58)55-29-12-9-25-49(55)50-26-10-13-30-56(50)65/h1-41H. The Morgan fingerprint density at radius 1 is 0.313 bits per heavy atom. The molecule has 0 radical (unpaired) electrons. The summed E-state index contributed by atoms with van der Waals surface area (Å²) in [5, 5.41) is 4.41. The Hall–Kier alpha value is -8.72. The van der Waals surface area contributed by atoms with Crippen LogP contribution in [0, 0.1) is 0 Å². The minimum absolute atomic E-state index is 0.481. The first kappa shape index (κ1) is 37.6. The van der Waals surface area contributed by atoms with Crippen LogP contribution in [-0.4, -0.2) is 0 Å². The van der Waals surface area contributed by atoms with Gasteiger partial charge in [0.05, 0.1) is 22.2 Å². The summed E-state index contributed by atoms with van der Waals surface area (Å²) >= 11 is 0. The number of fused-ring (bicyclic) bond motifs is 15. The third-order valence-corrected chi connectivity index (χ3v) is 14.5. The molecule has 0 aliphatic heterocycles. The predicted octanol–water partition coefficient (Wildman–Crippen LogP) is 17.6. The fourth-order valence-corrected chi connectivity index (χ4v) is 11.7. The van der Waals surface area contributed by atoms with E-state index in [2.05, 4.69) is 254 Å². The molecule has 0 unspecified atom stereocenters. The van der Waals surface area contributed by atoms with E-state index in [9.17, 15) is 0 Å². The van der Waals surface area contributed by atoms with Crippen LogP contribution in [0.5, 0.6) is 0 Å². The lowest BCUT2D eigenvalue weighted by Gasteiger charge is -2.32. The molecule has 0 amide bonds. The van der Waals surface area contributed by atoms with Crippen LogP contribution >= 0.6 is 0 Å². The molecular formula is C65H41NO. The number of rotatable bonds is 6. The molecule has 1 spiro atoms. The van der Waals surface area contributed by atoms with Crippen molar-refractivity contribution in [3.63, 3.8) is 0 Å². The Morgan fingerprint density at radius 3 is 1.54 bits per heavy atom. The maximum Gasteiger partial charge on any atom is 0.143 e. The van der Waals surface area contributed by atoms with E-state index >= 15 is 0 Å². The summed E-state index contributed by atoms with van der Waals surface area (Å²) in [6.07, 6.45) is 0. The molecule has 2 nitrogen and oxygen atoms in total. The number of nitrogens with zero attached hydrogens (tertiary/aromatic N) is 1. The minimum atomic E-state index is -0.481. The normalized spacial score (nSPS) is 12.9. The summed E-state index contributed by atoms with van der Waals surface area (Å²) in [5.41, 5.74) is 21.9. The highest BCUT2D eigenvalue weighted by atomic mass is 16.3. The Bertz CT molecular complexity index is 3870. The van der Waals surface area contributed by atoms with E-state index in [1.165, 1.54) is 66.8 Å². The summed E-state index contributed by atoms with van der Waals surface area (Å²) in [5.74, 6) is 0. The first-order valence-electron chi connectivity index (χ1n) is 23.2. The molecule has 312 valence electrons. The predicted molar refractivity (Wildman–Crippen MR) is 279 cm³/mol. The molecule has 67 heavy (non-hydrogen) atoms. The summed E-state index contributed by atoms with van der Waals surface area (Å²) in [6.45, 7) is 0. The third-order valence-electron chi connectivity index (χ3n) is 14.5. The molecule has 0 saturated carbocycles. The topological polar surface area (TPSA) is 16.4 Å². The monoisotopic (exact) mass is 851 g/mol. The molecule has 12 aromatic rings. The van der Waals surface area contributed by atoms with Crippen LogP contribution in [0.3, 0.4) is 0 Å². The van der Waals surface area contributed by atoms with Crippen molar-refractivity contribution in [2.75, 3.05) is 4.90 Å². The number of furan rings is 1. The number of hydrogen-bond donors (Lipinski definition) is 0. The van der Waals surface area contributed by atoms with E-state index < -0.39 is 5.41 Å². The van der Waals surface area contributed by atoms with E-state index in [-0.39, 0.29) is 0 Å². The van der Waals surface area contributed by atoms with E-state index in [4.69, 9.17) is 4.42 Å². The van der Waals surface area contributed by atoms with Crippen LogP contribution in [0.2, 0.25) is 0 Å². The zero-order valence-electron chi connectivity index (χ0n) is 36.5. The van der Waals surface area contributed by atoms with Crippen LogP contribution in [0.25, 0.3) is 88.3 Å². The van der Waals surface area contributed by atoms with Crippen molar-refractivity contribution in [3.8, 4) is 55.6 Å². The van der Waals surface area contributed by atoms with Gasteiger partial charge in [-0.25, -0.2) is 0 Å². The van der Waals surface area contributed by atoms with E-state index in [0.717, 1.165) is 60.9 Å². The molecule has 0 bridgehead atoms. The highest BCUT2D eigenvalue weighted by Crippen LogP contribution is 2.65. The van der Waals surface area contributed by atoms with E-state index in [1.807, 2.05) is 0 Å². The van der Waals surface area contributed by atoms with Crippen molar-refractivity contribution in [2.45, 2.75) is 5.41 Å². The highest BCUT2D eigenvalue weighted by molar-refractivity contribution is 6.23. The second kappa shape index (κ2) is 14.7. The minimum Gasteiger partial charge on any atom is -0.455 e. The van der Waals surface area contributed by atoms with Gasteiger partial charge in [-0.1, -0.05) is 212 Å². The highest BCUT2D eigenvalue weighted by Gasteiger charge is 2.52. The van der Waals surface area contributed by atoms with Crippen molar-refractivity contribution in [1.29, 1.82) is 0 Å². The maximum absolute atomic E-state index is 7.07. The lowest BCUT2D eigenvalue weighted by atomic mass is 9.70. The van der Waals surface area contributed by atoms with Crippen LogP contribution < -0.4 is 4.90 Å². The molecule has 0 N–H and O–H groups in total. The largest absolute Gasteiger partial charge is 0.455 e. The van der Waals surface area contributed by atoms with Crippen molar-refractivity contribution in [1.82, 2.24) is 0 Å². The Morgan fingerprint density at radius 2 is 0.821 bits per heavy atom. The lowest BCUT2D eigenvalue weighted by molar-refractivity contribution is 0.672. The van der Waals surface area contributed by atoms with Gasteiger partial charge in [0.15, 0.2) is 0 Å².